The summed E-state index contributed by atoms with van der Waals surface area (Å²) in [5, 5.41) is 10.8. The van der Waals surface area contributed by atoms with Crippen molar-refractivity contribution in [3.63, 3.8) is 0 Å². The molecule has 8 heteroatoms. The molecule has 0 radical (unpaired) electrons. The maximum Gasteiger partial charge on any atom is 0.264 e. The zero-order chi connectivity index (χ0) is 26.3. The summed E-state index contributed by atoms with van der Waals surface area (Å²) >= 11 is 1.37. The minimum Gasteiger partial charge on any atom is -0.352 e. The number of rotatable bonds is 8. The van der Waals surface area contributed by atoms with Crippen LogP contribution in [0.1, 0.15) is 9.67 Å². The highest BCUT2D eigenvalue weighted by Crippen LogP contribution is 2.24. The molecule has 38 heavy (non-hydrogen) atoms. The van der Waals surface area contributed by atoms with Crippen molar-refractivity contribution in [1.82, 2.24) is 20.0 Å². The quantitative estimate of drug-likeness (QED) is 0.309. The molecule has 7 nitrogen and oxygen atoms in total. The Balaban J connectivity index is 1.16. The fourth-order valence-electron chi connectivity index (χ4n) is 4.49. The SMILES string of the molecule is C=CCN(CC(=O)N1CCN(c2ccc(-c3ccc(-c4ccccc4)cc3)nn2)CC1)C(=O)c1cccs1. The summed E-state index contributed by atoms with van der Waals surface area (Å²) < 4.78 is 0. The first kappa shape index (κ1) is 25.4. The number of nitrogens with zero attached hydrogens (tertiary/aromatic N) is 5. The molecule has 0 saturated carbocycles. The molecule has 1 fully saturated rings. The first-order chi connectivity index (χ1) is 18.6. The highest BCUT2D eigenvalue weighted by atomic mass is 32.1. The van der Waals surface area contributed by atoms with Crippen molar-refractivity contribution in [2.24, 2.45) is 0 Å². The van der Waals surface area contributed by atoms with Crippen LogP contribution in [0.15, 0.2) is 96.9 Å². The van der Waals surface area contributed by atoms with E-state index in [9.17, 15) is 9.59 Å². The second kappa shape index (κ2) is 11.8. The smallest absolute Gasteiger partial charge is 0.264 e. The van der Waals surface area contributed by atoms with Crippen LogP contribution in [0.2, 0.25) is 0 Å². The standard InChI is InChI=1S/C30H29N5O2S/c1-2-16-35(30(37)27-9-6-21-38-27)22-29(36)34-19-17-33(18-20-34)28-15-14-26(31-32-28)25-12-10-24(11-13-25)23-7-4-3-5-8-23/h2-15,21H,1,16-20,22H2. The monoisotopic (exact) mass is 523 g/mol. The van der Waals surface area contributed by atoms with Crippen molar-refractivity contribution >= 4 is 29.0 Å². The highest BCUT2D eigenvalue weighted by molar-refractivity contribution is 7.12. The molecule has 4 aromatic rings. The Morgan fingerprint density at radius 1 is 0.842 bits per heavy atom. The van der Waals surface area contributed by atoms with Crippen LogP contribution in [0.3, 0.4) is 0 Å². The first-order valence-electron chi connectivity index (χ1n) is 12.6. The van der Waals surface area contributed by atoms with E-state index in [1.54, 1.807) is 17.0 Å². The molecule has 1 aliphatic heterocycles. The number of amides is 2. The molecule has 0 spiro atoms. The fourth-order valence-corrected chi connectivity index (χ4v) is 5.18. The van der Waals surface area contributed by atoms with Crippen molar-refractivity contribution in [2.75, 3.05) is 44.2 Å². The lowest BCUT2D eigenvalue weighted by Crippen LogP contribution is -2.52. The number of piperazine rings is 1. The molecule has 1 aliphatic rings. The lowest BCUT2D eigenvalue weighted by molar-refractivity contribution is -0.132. The number of thiophene rings is 1. The van der Waals surface area contributed by atoms with Gasteiger partial charge in [0, 0.05) is 38.3 Å². The first-order valence-corrected chi connectivity index (χ1v) is 13.5. The van der Waals surface area contributed by atoms with Crippen LogP contribution < -0.4 is 4.90 Å². The number of anilines is 1. The van der Waals surface area contributed by atoms with Gasteiger partial charge >= 0.3 is 0 Å². The predicted molar refractivity (Wildman–Crippen MR) is 152 cm³/mol. The molecule has 2 aromatic heterocycles. The number of hydrogen-bond acceptors (Lipinski definition) is 6. The van der Waals surface area contributed by atoms with Gasteiger partial charge in [0.1, 0.15) is 6.54 Å². The molecule has 0 atom stereocenters. The van der Waals surface area contributed by atoms with Gasteiger partial charge in [-0.1, -0.05) is 66.7 Å². The second-order valence-corrected chi connectivity index (χ2v) is 9.99. The average molecular weight is 524 g/mol. The van der Waals surface area contributed by atoms with Crippen LogP contribution in [0.4, 0.5) is 5.82 Å². The van der Waals surface area contributed by atoms with Gasteiger partial charge in [-0.15, -0.1) is 28.1 Å². The normalized spacial score (nSPS) is 13.3. The van der Waals surface area contributed by atoms with Gasteiger partial charge in [0.2, 0.25) is 5.91 Å². The molecule has 5 rings (SSSR count). The van der Waals surface area contributed by atoms with Crippen molar-refractivity contribution in [3.8, 4) is 22.4 Å². The molecule has 3 heterocycles. The summed E-state index contributed by atoms with van der Waals surface area (Å²) in [5.74, 6) is 0.594. The molecule has 2 amide bonds. The molecular formula is C30H29N5O2S. The van der Waals surface area contributed by atoms with E-state index < -0.39 is 0 Å². The number of hydrogen-bond donors (Lipinski definition) is 0. The number of carbonyl (C=O) groups is 2. The maximum absolute atomic E-state index is 13.0. The topological polar surface area (TPSA) is 69.6 Å². The van der Waals surface area contributed by atoms with Gasteiger partial charge in [-0.25, -0.2) is 0 Å². The van der Waals surface area contributed by atoms with E-state index in [1.807, 2.05) is 46.7 Å². The van der Waals surface area contributed by atoms with E-state index in [4.69, 9.17) is 0 Å². The third-order valence-electron chi connectivity index (χ3n) is 6.59. The summed E-state index contributed by atoms with van der Waals surface area (Å²) in [6, 6.07) is 26.2. The summed E-state index contributed by atoms with van der Waals surface area (Å²) in [7, 11) is 0. The van der Waals surface area contributed by atoms with E-state index in [0.29, 0.717) is 37.6 Å². The minimum absolute atomic E-state index is 0.0420. The Kier molecular flexibility index (Phi) is 7.89. The number of aromatic nitrogens is 2. The maximum atomic E-state index is 13.0. The molecule has 0 unspecified atom stereocenters. The average Bonchev–Trinajstić information content (AvgIpc) is 3.53. The Morgan fingerprint density at radius 3 is 2.18 bits per heavy atom. The Bertz CT molecular complexity index is 1360. The molecule has 0 bridgehead atoms. The fraction of sp³-hybridized carbons (Fsp3) is 0.200. The molecule has 192 valence electrons. The third kappa shape index (κ3) is 5.81. The molecular weight excluding hydrogens is 494 g/mol. The van der Waals surface area contributed by atoms with E-state index in [1.165, 1.54) is 16.9 Å². The van der Waals surface area contributed by atoms with Gasteiger partial charge in [0.05, 0.1) is 10.6 Å². The minimum atomic E-state index is -0.142. The van der Waals surface area contributed by atoms with Gasteiger partial charge in [-0.05, 0) is 34.7 Å². The van der Waals surface area contributed by atoms with Gasteiger partial charge in [0.15, 0.2) is 5.82 Å². The van der Waals surface area contributed by atoms with E-state index in [0.717, 1.165) is 22.6 Å². The number of carbonyl (C=O) groups excluding carboxylic acids is 2. The lowest BCUT2D eigenvalue weighted by Gasteiger charge is -2.36. The van der Waals surface area contributed by atoms with Gasteiger partial charge in [-0.2, -0.15) is 0 Å². The Labute approximate surface area is 226 Å². The zero-order valence-corrected chi connectivity index (χ0v) is 21.9. The molecule has 0 N–H and O–H groups in total. The Morgan fingerprint density at radius 2 is 1.55 bits per heavy atom. The van der Waals surface area contributed by atoms with Gasteiger partial charge < -0.3 is 14.7 Å². The second-order valence-electron chi connectivity index (χ2n) is 9.04. The zero-order valence-electron chi connectivity index (χ0n) is 21.1. The lowest BCUT2D eigenvalue weighted by atomic mass is 10.0. The van der Waals surface area contributed by atoms with E-state index in [2.05, 4.69) is 58.1 Å². The molecule has 0 aliphatic carbocycles. The van der Waals surface area contributed by atoms with Crippen LogP contribution in [-0.2, 0) is 4.79 Å². The van der Waals surface area contributed by atoms with Crippen LogP contribution in [-0.4, -0.2) is 71.1 Å². The van der Waals surface area contributed by atoms with Crippen molar-refractivity contribution in [1.29, 1.82) is 0 Å². The summed E-state index contributed by atoms with van der Waals surface area (Å²) in [6.45, 7) is 6.56. The highest BCUT2D eigenvalue weighted by Gasteiger charge is 2.25. The summed E-state index contributed by atoms with van der Waals surface area (Å²) in [4.78, 5) is 31.8. The predicted octanol–water partition coefficient (Wildman–Crippen LogP) is 4.85. The summed E-state index contributed by atoms with van der Waals surface area (Å²) in [6.07, 6.45) is 1.65. The van der Waals surface area contributed by atoms with Gasteiger partial charge in [0.25, 0.3) is 5.91 Å². The van der Waals surface area contributed by atoms with Gasteiger partial charge in [-0.3, -0.25) is 9.59 Å². The van der Waals surface area contributed by atoms with Crippen molar-refractivity contribution in [3.05, 3.63) is 102 Å². The summed E-state index contributed by atoms with van der Waals surface area (Å²) in [5.41, 5.74) is 4.18. The largest absolute Gasteiger partial charge is 0.352 e. The van der Waals surface area contributed by atoms with Crippen LogP contribution in [0, 0.1) is 0 Å². The van der Waals surface area contributed by atoms with E-state index in [-0.39, 0.29) is 18.4 Å². The number of benzene rings is 2. The van der Waals surface area contributed by atoms with Crippen LogP contribution in [0.5, 0.6) is 0 Å². The third-order valence-corrected chi connectivity index (χ3v) is 7.45. The Hall–Kier alpha value is -4.30. The molecule has 1 saturated heterocycles. The van der Waals surface area contributed by atoms with Crippen molar-refractivity contribution < 1.29 is 9.59 Å². The van der Waals surface area contributed by atoms with Crippen LogP contribution in [0.25, 0.3) is 22.4 Å². The van der Waals surface area contributed by atoms with E-state index >= 15 is 0 Å². The molecule has 2 aromatic carbocycles. The van der Waals surface area contributed by atoms with Crippen molar-refractivity contribution in [2.45, 2.75) is 0 Å². The van der Waals surface area contributed by atoms with Crippen LogP contribution >= 0.6 is 11.3 Å².